The molecule has 0 aromatic carbocycles. The van der Waals surface area contributed by atoms with Crippen molar-refractivity contribution in [3.8, 4) is 0 Å². The summed E-state index contributed by atoms with van der Waals surface area (Å²) in [6.45, 7) is 6.03. The van der Waals surface area contributed by atoms with Gasteiger partial charge < -0.3 is 39.0 Å². The Kier molecular flexibility index (Phi) is 47.6. The van der Waals surface area contributed by atoms with Crippen molar-refractivity contribution in [2.24, 2.45) is 0 Å². The quantitative estimate of drug-likeness (QED) is 0.0299. The highest BCUT2D eigenvalue weighted by molar-refractivity contribution is 5.74. The monoisotopic (exact) mass is 1040 g/mol. The van der Waals surface area contributed by atoms with E-state index in [2.05, 4.69) is 20.8 Å². The zero-order valence-electron chi connectivity index (χ0n) is 47.4. The minimum atomic E-state index is -1.89. The summed E-state index contributed by atoms with van der Waals surface area (Å²) < 4.78 is 28.5. The molecular formula is C61H114O12. The lowest BCUT2D eigenvalue weighted by Gasteiger charge is -2.40. The number of aliphatic hydroxyl groups is 2. The highest BCUT2D eigenvalue weighted by atomic mass is 16.7. The standard InChI is InChI=1S/C61H114O12/c1-4-7-10-13-16-19-22-24-25-26-27-28-29-31-33-35-38-41-44-47-53(62)69-50-52(71-54(63)48-45-42-39-37-34-30-23-20-17-14-11-8-5-2)51-70-61-59(57(66)56(65)58(73-61)60(67)68)72-55(64)49-46-43-40-36-32-21-18-15-12-9-6-3/h52,56-59,61,65-66H,4-51H2,1-3H3,(H,67,68). The Bertz CT molecular complexity index is 1280. The predicted molar refractivity (Wildman–Crippen MR) is 294 cm³/mol. The third kappa shape index (κ3) is 40.6. The van der Waals surface area contributed by atoms with E-state index < -0.39 is 67.3 Å². The summed E-state index contributed by atoms with van der Waals surface area (Å²) in [4.78, 5) is 51.1. The van der Waals surface area contributed by atoms with Crippen LogP contribution in [0.25, 0.3) is 0 Å². The number of aliphatic carboxylic acids is 1. The van der Waals surface area contributed by atoms with Gasteiger partial charge in [-0.15, -0.1) is 0 Å². The molecule has 0 spiro atoms. The Morgan fingerprint density at radius 1 is 0.397 bits per heavy atom. The zero-order chi connectivity index (χ0) is 53.3. The first kappa shape index (κ1) is 68.7. The smallest absolute Gasteiger partial charge is 0.335 e. The molecule has 73 heavy (non-hydrogen) atoms. The molecule has 0 bridgehead atoms. The molecule has 12 heteroatoms. The van der Waals surface area contributed by atoms with Crippen molar-refractivity contribution in [1.29, 1.82) is 0 Å². The third-order valence-electron chi connectivity index (χ3n) is 14.7. The van der Waals surface area contributed by atoms with Crippen LogP contribution in [0.3, 0.4) is 0 Å². The summed E-state index contributed by atoms with van der Waals surface area (Å²) in [5, 5.41) is 31.4. The van der Waals surface area contributed by atoms with E-state index in [0.717, 1.165) is 57.8 Å². The second-order valence-corrected chi connectivity index (χ2v) is 21.7. The van der Waals surface area contributed by atoms with Gasteiger partial charge in [-0.3, -0.25) is 14.4 Å². The van der Waals surface area contributed by atoms with Gasteiger partial charge in [0.05, 0.1) is 6.61 Å². The van der Waals surface area contributed by atoms with Gasteiger partial charge in [0.25, 0.3) is 0 Å². The maximum Gasteiger partial charge on any atom is 0.335 e. The average Bonchev–Trinajstić information content (AvgIpc) is 3.37. The fourth-order valence-electron chi connectivity index (χ4n) is 9.90. The zero-order valence-corrected chi connectivity index (χ0v) is 47.4. The molecule has 1 heterocycles. The summed E-state index contributed by atoms with van der Waals surface area (Å²) in [6.07, 6.45) is 42.2. The van der Waals surface area contributed by atoms with Gasteiger partial charge in [-0.2, -0.15) is 0 Å². The van der Waals surface area contributed by atoms with E-state index in [1.54, 1.807) is 0 Å². The van der Waals surface area contributed by atoms with Crippen LogP contribution in [-0.4, -0.2) is 89.2 Å². The SMILES string of the molecule is CCCCCCCCCCCCCCCCCCCCCC(=O)OCC(COC1OC(C(=O)O)C(O)C(O)C1OC(=O)CCCCCCCCCCCCC)OC(=O)CCCCCCCCCCCCCCC. The average molecular weight is 1040 g/mol. The maximum atomic E-state index is 13.1. The van der Waals surface area contributed by atoms with Crippen LogP contribution >= 0.6 is 0 Å². The van der Waals surface area contributed by atoms with Crippen LogP contribution in [0, 0.1) is 0 Å². The van der Waals surface area contributed by atoms with E-state index in [1.807, 2.05) is 0 Å². The van der Waals surface area contributed by atoms with Gasteiger partial charge in [-0.1, -0.05) is 278 Å². The summed E-state index contributed by atoms with van der Waals surface area (Å²) in [7, 11) is 0. The molecule has 3 N–H and O–H groups in total. The second-order valence-electron chi connectivity index (χ2n) is 21.7. The predicted octanol–water partition coefficient (Wildman–Crippen LogP) is 15.9. The van der Waals surface area contributed by atoms with E-state index in [0.29, 0.717) is 19.3 Å². The number of aliphatic hydroxyl groups excluding tert-OH is 2. The molecule has 0 amide bonds. The first-order valence-electron chi connectivity index (χ1n) is 31.0. The van der Waals surface area contributed by atoms with E-state index in [4.69, 9.17) is 23.7 Å². The molecule has 0 saturated carbocycles. The van der Waals surface area contributed by atoms with E-state index in [1.165, 1.54) is 199 Å². The third-order valence-corrected chi connectivity index (χ3v) is 14.7. The lowest BCUT2D eigenvalue weighted by molar-refractivity contribution is -0.301. The molecule has 430 valence electrons. The van der Waals surface area contributed by atoms with Crippen molar-refractivity contribution in [2.45, 2.75) is 353 Å². The van der Waals surface area contributed by atoms with Crippen molar-refractivity contribution >= 4 is 23.9 Å². The number of carboxylic acids is 1. The fraction of sp³-hybridized carbons (Fsp3) is 0.934. The van der Waals surface area contributed by atoms with Crippen LogP contribution in [0.5, 0.6) is 0 Å². The summed E-state index contributed by atoms with van der Waals surface area (Å²) in [6, 6.07) is 0. The Morgan fingerprint density at radius 2 is 0.699 bits per heavy atom. The fourth-order valence-corrected chi connectivity index (χ4v) is 9.90. The molecule has 0 radical (unpaired) electrons. The lowest BCUT2D eigenvalue weighted by Crippen LogP contribution is -2.61. The first-order valence-corrected chi connectivity index (χ1v) is 31.0. The normalized spacial score (nSPS) is 18.2. The van der Waals surface area contributed by atoms with Crippen molar-refractivity contribution in [3.63, 3.8) is 0 Å². The molecule has 1 fully saturated rings. The van der Waals surface area contributed by atoms with Crippen LogP contribution in [0.15, 0.2) is 0 Å². The molecule has 0 aromatic rings. The summed E-state index contributed by atoms with van der Waals surface area (Å²) in [5.74, 6) is -3.07. The van der Waals surface area contributed by atoms with Gasteiger partial charge in [0.15, 0.2) is 24.6 Å². The molecule has 6 unspecified atom stereocenters. The van der Waals surface area contributed by atoms with E-state index in [-0.39, 0.29) is 25.9 Å². The molecule has 0 aliphatic carbocycles. The number of carboxylic acid groups (broad SMARTS) is 1. The molecule has 1 rings (SSSR count). The van der Waals surface area contributed by atoms with Crippen LogP contribution < -0.4 is 0 Å². The van der Waals surface area contributed by atoms with Gasteiger partial charge in [-0.25, -0.2) is 4.79 Å². The summed E-state index contributed by atoms with van der Waals surface area (Å²) >= 11 is 0. The number of unbranched alkanes of at least 4 members (excludes halogenated alkanes) is 40. The Labute approximate surface area is 446 Å². The number of carbonyl (C=O) groups is 4. The number of rotatable bonds is 54. The first-order chi connectivity index (χ1) is 35.6. The Balaban J connectivity index is 2.62. The van der Waals surface area contributed by atoms with Gasteiger partial charge in [0.1, 0.15) is 18.8 Å². The molecule has 12 nitrogen and oxygen atoms in total. The molecule has 1 saturated heterocycles. The minimum Gasteiger partial charge on any atom is -0.479 e. The maximum absolute atomic E-state index is 13.1. The van der Waals surface area contributed by atoms with Gasteiger partial charge >= 0.3 is 23.9 Å². The Hall–Kier alpha value is -2.28. The topological polar surface area (TPSA) is 175 Å². The van der Waals surface area contributed by atoms with Crippen LogP contribution in [0.2, 0.25) is 0 Å². The van der Waals surface area contributed by atoms with Gasteiger partial charge in [0.2, 0.25) is 0 Å². The summed E-state index contributed by atoms with van der Waals surface area (Å²) in [5.41, 5.74) is 0. The van der Waals surface area contributed by atoms with Crippen molar-refractivity contribution in [1.82, 2.24) is 0 Å². The molecule has 1 aliphatic rings. The minimum absolute atomic E-state index is 0.0697. The number of ether oxygens (including phenoxy) is 5. The highest BCUT2D eigenvalue weighted by Crippen LogP contribution is 2.27. The second kappa shape index (κ2) is 50.5. The van der Waals surface area contributed by atoms with Crippen LogP contribution in [0.4, 0.5) is 0 Å². The number of esters is 3. The molecule has 6 atom stereocenters. The van der Waals surface area contributed by atoms with E-state index in [9.17, 15) is 34.5 Å². The van der Waals surface area contributed by atoms with E-state index >= 15 is 0 Å². The van der Waals surface area contributed by atoms with Gasteiger partial charge in [-0.05, 0) is 19.3 Å². The molecule has 1 aliphatic heterocycles. The number of carbonyl (C=O) groups excluding carboxylic acids is 3. The molecular weight excluding hydrogens is 925 g/mol. The van der Waals surface area contributed by atoms with Crippen LogP contribution in [0.1, 0.15) is 316 Å². The van der Waals surface area contributed by atoms with Crippen molar-refractivity contribution in [2.75, 3.05) is 13.2 Å². The van der Waals surface area contributed by atoms with Crippen molar-refractivity contribution in [3.05, 3.63) is 0 Å². The largest absolute Gasteiger partial charge is 0.479 e. The Morgan fingerprint density at radius 3 is 1.03 bits per heavy atom. The lowest BCUT2D eigenvalue weighted by atomic mass is 9.98. The van der Waals surface area contributed by atoms with Gasteiger partial charge in [0, 0.05) is 19.3 Å². The van der Waals surface area contributed by atoms with Crippen LogP contribution in [-0.2, 0) is 42.9 Å². The number of hydrogen-bond acceptors (Lipinski definition) is 11. The van der Waals surface area contributed by atoms with Crippen molar-refractivity contribution < 1.29 is 58.2 Å². The number of hydrogen-bond donors (Lipinski definition) is 3. The highest BCUT2D eigenvalue weighted by Gasteiger charge is 2.50. The molecule has 0 aromatic heterocycles.